The third-order valence-corrected chi connectivity index (χ3v) is 5.89. The molecule has 0 atom stereocenters. The van der Waals surface area contributed by atoms with Crippen molar-refractivity contribution in [1.82, 2.24) is 19.7 Å². The summed E-state index contributed by atoms with van der Waals surface area (Å²) in [6.07, 6.45) is 3.56. The summed E-state index contributed by atoms with van der Waals surface area (Å²) in [5, 5.41) is 11.1. The molecule has 0 spiro atoms. The van der Waals surface area contributed by atoms with Gasteiger partial charge >= 0.3 is 0 Å². The molecule has 1 saturated heterocycles. The lowest BCUT2D eigenvalue weighted by molar-refractivity contribution is -0.129. The van der Waals surface area contributed by atoms with E-state index in [2.05, 4.69) is 10.2 Å². The van der Waals surface area contributed by atoms with Gasteiger partial charge in [-0.15, -0.1) is 21.5 Å². The van der Waals surface area contributed by atoms with Gasteiger partial charge in [-0.3, -0.25) is 9.59 Å². The van der Waals surface area contributed by atoms with E-state index in [0.717, 1.165) is 30.8 Å². The molecule has 3 heterocycles. The van der Waals surface area contributed by atoms with Crippen LogP contribution >= 0.6 is 23.1 Å². The van der Waals surface area contributed by atoms with E-state index in [4.69, 9.17) is 5.73 Å². The number of aromatic nitrogens is 3. The molecule has 0 aromatic carbocycles. The van der Waals surface area contributed by atoms with Crippen LogP contribution in [0.2, 0.25) is 0 Å². The number of likely N-dealkylation sites (tertiary alicyclic amines) is 1. The number of nitrogens with zero attached hydrogens (tertiary/aromatic N) is 4. The number of hydrogen-bond acceptors (Lipinski definition) is 6. The summed E-state index contributed by atoms with van der Waals surface area (Å²) in [6.45, 7) is 2.10. The molecule has 2 aromatic heterocycles. The average molecular weight is 380 g/mol. The van der Waals surface area contributed by atoms with Crippen molar-refractivity contribution < 1.29 is 9.59 Å². The maximum atomic E-state index is 12.4. The first-order valence-corrected chi connectivity index (χ1v) is 10.2. The maximum Gasteiger partial charge on any atom is 0.233 e. The summed E-state index contributed by atoms with van der Waals surface area (Å²) in [5.74, 6) is 0.807. The second kappa shape index (κ2) is 8.48. The SMILES string of the molecule is NC(=O)CCn1c(SCC(=O)N2CCCCC2)nnc1-c1cccs1. The number of piperidine rings is 1. The number of amides is 2. The van der Waals surface area contributed by atoms with Gasteiger partial charge in [-0.2, -0.15) is 0 Å². The van der Waals surface area contributed by atoms with E-state index in [0.29, 0.717) is 23.3 Å². The number of thiophene rings is 1. The standard InChI is InChI=1S/C16H21N5O2S2/c17-13(22)6-9-21-15(12-5-4-10-24-12)18-19-16(21)25-11-14(23)20-7-2-1-3-8-20/h4-5,10H,1-3,6-9,11H2,(H2,17,22). The zero-order valence-electron chi connectivity index (χ0n) is 13.9. The molecule has 0 bridgehead atoms. The van der Waals surface area contributed by atoms with E-state index >= 15 is 0 Å². The van der Waals surface area contributed by atoms with Gasteiger partial charge in [0.2, 0.25) is 11.8 Å². The number of rotatable bonds is 7. The first-order valence-electron chi connectivity index (χ1n) is 8.31. The van der Waals surface area contributed by atoms with Crippen LogP contribution in [-0.4, -0.2) is 50.3 Å². The lowest BCUT2D eigenvalue weighted by Crippen LogP contribution is -2.36. The number of carbonyl (C=O) groups is 2. The van der Waals surface area contributed by atoms with Crippen LogP contribution in [0.3, 0.4) is 0 Å². The minimum absolute atomic E-state index is 0.131. The van der Waals surface area contributed by atoms with Crippen molar-refractivity contribution in [1.29, 1.82) is 0 Å². The smallest absolute Gasteiger partial charge is 0.233 e. The van der Waals surface area contributed by atoms with E-state index in [-0.39, 0.29) is 18.2 Å². The summed E-state index contributed by atoms with van der Waals surface area (Å²) in [6, 6.07) is 3.91. The van der Waals surface area contributed by atoms with Crippen LogP contribution in [0.5, 0.6) is 0 Å². The van der Waals surface area contributed by atoms with Gasteiger partial charge in [0.25, 0.3) is 0 Å². The second-order valence-electron chi connectivity index (χ2n) is 5.88. The highest BCUT2D eigenvalue weighted by molar-refractivity contribution is 7.99. The van der Waals surface area contributed by atoms with Crippen LogP contribution in [0.1, 0.15) is 25.7 Å². The Morgan fingerprint density at radius 2 is 2.04 bits per heavy atom. The third-order valence-electron chi connectivity index (χ3n) is 4.07. The lowest BCUT2D eigenvalue weighted by atomic mass is 10.1. The normalized spacial score (nSPS) is 14.6. The van der Waals surface area contributed by atoms with Gasteiger partial charge in [0.15, 0.2) is 11.0 Å². The molecule has 0 saturated carbocycles. The average Bonchev–Trinajstić information content (AvgIpc) is 3.27. The number of nitrogens with two attached hydrogens (primary N) is 1. The summed E-state index contributed by atoms with van der Waals surface area (Å²) in [5.41, 5.74) is 5.29. The Kier molecular flexibility index (Phi) is 6.09. The van der Waals surface area contributed by atoms with Crippen LogP contribution in [0.15, 0.2) is 22.7 Å². The summed E-state index contributed by atoms with van der Waals surface area (Å²) < 4.78 is 1.88. The first-order chi connectivity index (χ1) is 12.1. The van der Waals surface area contributed by atoms with Crippen molar-refractivity contribution in [2.24, 2.45) is 5.73 Å². The topological polar surface area (TPSA) is 94.1 Å². The number of hydrogen-bond donors (Lipinski definition) is 1. The van der Waals surface area contributed by atoms with Crippen LogP contribution in [0, 0.1) is 0 Å². The Bertz CT molecular complexity index is 723. The third kappa shape index (κ3) is 4.60. The van der Waals surface area contributed by atoms with Gasteiger partial charge in [0, 0.05) is 26.1 Å². The molecule has 3 rings (SSSR count). The van der Waals surface area contributed by atoms with E-state index in [1.165, 1.54) is 18.2 Å². The molecule has 1 aliphatic rings. The quantitative estimate of drug-likeness (QED) is 0.743. The predicted octanol–water partition coefficient (Wildman–Crippen LogP) is 1.99. The van der Waals surface area contributed by atoms with E-state index < -0.39 is 0 Å². The van der Waals surface area contributed by atoms with Crippen molar-refractivity contribution in [2.45, 2.75) is 37.4 Å². The molecular formula is C16H21N5O2S2. The highest BCUT2D eigenvalue weighted by Crippen LogP contribution is 2.27. The summed E-state index contributed by atoms with van der Waals surface area (Å²) in [7, 11) is 0. The first kappa shape index (κ1) is 17.9. The van der Waals surface area contributed by atoms with Crippen molar-refractivity contribution in [2.75, 3.05) is 18.8 Å². The molecule has 0 aliphatic carbocycles. The number of primary amides is 1. The Morgan fingerprint density at radius 3 is 2.72 bits per heavy atom. The molecule has 0 radical (unpaired) electrons. The monoisotopic (exact) mass is 379 g/mol. The maximum absolute atomic E-state index is 12.4. The minimum Gasteiger partial charge on any atom is -0.370 e. The van der Waals surface area contributed by atoms with E-state index in [1.807, 2.05) is 27.0 Å². The molecule has 0 unspecified atom stereocenters. The second-order valence-corrected chi connectivity index (χ2v) is 7.77. The Morgan fingerprint density at radius 1 is 1.24 bits per heavy atom. The summed E-state index contributed by atoms with van der Waals surface area (Å²) >= 11 is 2.93. The highest BCUT2D eigenvalue weighted by Gasteiger charge is 2.20. The molecule has 2 N–H and O–H groups in total. The zero-order chi connectivity index (χ0) is 17.6. The molecule has 134 valence electrons. The van der Waals surface area contributed by atoms with Gasteiger partial charge < -0.3 is 15.2 Å². The Hall–Kier alpha value is -1.87. The van der Waals surface area contributed by atoms with Crippen molar-refractivity contribution in [3.8, 4) is 10.7 Å². The van der Waals surface area contributed by atoms with Gasteiger partial charge in [0.05, 0.1) is 10.6 Å². The molecule has 1 aliphatic heterocycles. The fourth-order valence-electron chi connectivity index (χ4n) is 2.77. The molecule has 2 aromatic rings. The predicted molar refractivity (Wildman–Crippen MR) is 98.3 cm³/mol. The molecule has 1 fully saturated rings. The van der Waals surface area contributed by atoms with Gasteiger partial charge in [0.1, 0.15) is 0 Å². The van der Waals surface area contributed by atoms with Crippen molar-refractivity contribution in [3.63, 3.8) is 0 Å². The molecule has 9 heteroatoms. The number of carbonyl (C=O) groups excluding carboxylic acids is 2. The Labute approximate surface area is 154 Å². The molecule has 2 amide bonds. The fourth-order valence-corrected chi connectivity index (χ4v) is 4.35. The number of thioether (sulfide) groups is 1. The van der Waals surface area contributed by atoms with Crippen LogP contribution in [0.4, 0.5) is 0 Å². The van der Waals surface area contributed by atoms with Gasteiger partial charge in [-0.25, -0.2) is 0 Å². The van der Waals surface area contributed by atoms with Gasteiger partial charge in [-0.05, 0) is 30.7 Å². The minimum atomic E-state index is -0.369. The summed E-state index contributed by atoms with van der Waals surface area (Å²) in [4.78, 5) is 26.4. The Balaban J connectivity index is 1.71. The molecular weight excluding hydrogens is 358 g/mol. The van der Waals surface area contributed by atoms with Crippen LogP contribution < -0.4 is 5.73 Å². The lowest BCUT2D eigenvalue weighted by Gasteiger charge is -2.26. The zero-order valence-corrected chi connectivity index (χ0v) is 15.5. The fraction of sp³-hybridized carbons (Fsp3) is 0.500. The van der Waals surface area contributed by atoms with Crippen LogP contribution in [-0.2, 0) is 16.1 Å². The van der Waals surface area contributed by atoms with Crippen LogP contribution in [0.25, 0.3) is 10.7 Å². The molecule has 25 heavy (non-hydrogen) atoms. The van der Waals surface area contributed by atoms with E-state index in [9.17, 15) is 9.59 Å². The molecule has 7 nitrogen and oxygen atoms in total. The van der Waals surface area contributed by atoms with Crippen molar-refractivity contribution >= 4 is 34.9 Å². The largest absolute Gasteiger partial charge is 0.370 e. The van der Waals surface area contributed by atoms with Crippen molar-refractivity contribution in [3.05, 3.63) is 17.5 Å². The van der Waals surface area contributed by atoms with Gasteiger partial charge in [-0.1, -0.05) is 17.8 Å². The highest BCUT2D eigenvalue weighted by atomic mass is 32.2. The van der Waals surface area contributed by atoms with E-state index in [1.54, 1.807) is 11.3 Å².